The third-order valence-corrected chi connectivity index (χ3v) is 2.89. The lowest BCUT2D eigenvalue weighted by Crippen LogP contribution is -2.51. The van der Waals surface area contributed by atoms with Crippen LogP contribution in [-0.2, 0) is 9.59 Å². The number of amides is 2. The average Bonchev–Trinajstić information content (AvgIpc) is 2.42. The van der Waals surface area contributed by atoms with Gasteiger partial charge in [0.05, 0.1) is 0 Å². The Labute approximate surface area is 115 Å². The van der Waals surface area contributed by atoms with Crippen molar-refractivity contribution in [2.75, 3.05) is 6.54 Å². The zero-order valence-electron chi connectivity index (χ0n) is 11.3. The maximum atomic E-state index is 11.6. The van der Waals surface area contributed by atoms with Crippen molar-refractivity contribution in [2.45, 2.75) is 38.3 Å². The second kappa shape index (κ2) is 8.02. The predicted octanol–water partition coefficient (Wildman–Crippen LogP) is -3.50. The molecule has 8 N–H and O–H groups in total. The molecule has 0 radical (unpaired) electrons. The zero-order chi connectivity index (χ0) is 16.0. The zero-order valence-corrected chi connectivity index (χ0v) is 11.3. The Morgan fingerprint density at radius 3 is 1.95 bits per heavy atom. The number of hydrogen-bond acceptors (Lipinski definition) is 7. The molecular weight excluding hydrogens is 270 g/mol. The third kappa shape index (κ3) is 4.94. The summed E-state index contributed by atoms with van der Waals surface area (Å²) < 4.78 is 0. The Kier molecular flexibility index (Phi) is 7.46. The van der Waals surface area contributed by atoms with Crippen LogP contribution in [0, 0.1) is 5.92 Å². The first-order valence-corrected chi connectivity index (χ1v) is 5.94. The summed E-state index contributed by atoms with van der Waals surface area (Å²) in [6, 6.07) is 0. The van der Waals surface area contributed by atoms with Crippen molar-refractivity contribution in [3.8, 4) is 0 Å². The van der Waals surface area contributed by atoms with Gasteiger partial charge in [-0.25, -0.2) is 4.99 Å². The third-order valence-electron chi connectivity index (χ3n) is 2.89. The van der Waals surface area contributed by atoms with Gasteiger partial charge in [-0.1, -0.05) is 6.92 Å². The summed E-state index contributed by atoms with van der Waals surface area (Å²) in [5.74, 6) is -2.62. The van der Waals surface area contributed by atoms with E-state index in [-0.39, 0.29) is 12.5 Å². The highest BCUT2D eigenvalue weighted by atomic mass is 16.4. The van der Waals surface area contributed by atoms with E-state index >= 15 is 0 Å². The van der Waals surface area contributed by atoms with Crippen LogP contribution in [0.3, 0.4) is 0 Å². The van der Waals surface area contributed by atoms with Crippen LogP contribution in [0.4, 0.5) is 0 Å². The first kappa shape index (κ1) is 18.6. The molecule has 0 aliphatic carbocycles. The van der Waals surface area contributed by atoms with E-state index < -0.39 is 36.2 Å². The van der Waals surface area contributed by atoms with Gasteiger partial charge in [0.1, 0.15) is 12.2 Å². The highest BCUT2D eigenvalue weighted by Crippen LogP contribution is 2.08. The first-order valence-electron chi connectivity index (χ1n) is 5.94. The van der Waals surface area contributed by atoms with Crippen molar-refractivity contribution in [3.63, 3.8) is 0 Å². The molecule has 0 spiro atoms. The summed E-state index contributed by atoms with van der Waals surface area (Å²) >= 11 is 0. The molecule has 9 heteroatoms. The van der Waals surface area contributed by atoms with Gasteiger partial charge in [0, 0.05) is 18.2 Å². The van der Waals surface area contributed by atoms with Crippen molar-refractivity contribution in [3.05, 3.63) is 0 Å². The largest absolute Gasteiger partial charge is 0.387 e. The molecule has 0 saturated carbocycles. The Morgan fingerprint density at radius 1 is 1.10 bits per heavy atom. The van der Waals surface area contributed by atoms with Crippen molar-refractivity contribution >= 4 is 17.5 Å². The Morgan fingerprint density at radius 2 is 1.55 bits per heavy atom. The molecular formula is C11H21N3O6. The number of carbonyl (C=O) groups excluding carboxylic acids is 2. The van der Waals surface area contributed by atoms with Gasteiger partial charge in [0.15, 0.2) is 12.2 Å². The van der Waals surface area contributed by atoms with E-state index in [4.69, 9.17) is 16.6 Å². The summed E-state index contributed by atoms with van der Waals surface area (Å²) in [5, 5.41) is 37.6. The van der Waals surface area contributed by atoms with E-state index in [2.05, 4.69) is 4.99 Å². The minimum absolute atomic E-state index is 0.204. The maximum absolute atomic E-state index is 11.6. The second-order valence-electron chi connectivity index (χ2n) is 4.50. The fraction of sp³-hybridized carbons (Fsp3) is 0.727. The van der Waals surface area contributed by atoms with Gasteiger partial charge >= 0.3 is 0 Å². The number of nitrogens with two attached hydrogens (primary N) is 2. The summed E-state index contributed by atoms with van der Waals surface area (Å²) in [5.41, 5.74) is 10.4. The molecule has 116 valence electrons. The fourth-order valence-electron chi connectivity index (χ4n) is 1.21. The molecule has 0 saturated heterocycles. The average molecular weight is 291 g/mol. The Balaban J connectivity index is 4.85. The summed E-state index contributed by atoms with van der Waals surface area (Å²) in [6.07, 6.45) is -8.41. The number of aliphatic imine (C=N–C) groups is 1. The summed E-state index contributed by atoms with van der Waals surface area (Å²) in [6.45, 7) is 3.47. The monoisotopic (exact) mass is 291 g/mol. The van der Waals surface area contributed by atoms with Gasteiger partial charge in [-0.2, -0.15) is 0 Å². The summed E-state index contributed by atoms with van der Waals surface area (Å²) in [7, 11) is 0. The van der Waals surface area contributed by atoms with E-state index in [1.165, 1.54) is 6.92 Å². The molecule has 5 atom stereocenters. The normalized spacial score (nSPS) is 19.9. The number of rotatable bonds is 7. The van der Waals surface area contributed by atoms with Crippen LogP contribution >= 0.6 is 0 Å². The topological polar surface area (TPSA) is 179 Å². The van der Waals surface area contributed by atoms with Crippen LogP contribution in [0.1, 0.15) is 13.8 Å². The highest BCUT2D eigenvalue weighted by Gasteiger charge is 2.36. The lowest BCUT2D eigenvalue weighted by Gasteiger charge is -2.23. The number of carbonyl (C=O) groups is 2. The molecule has 0 aliphatic rings. The predicted molar refractivity (Wildman–Crippen MR) is 69.6 cm³/mol. The van der Waals surface area contributed by atoms with E-state index in [0.29, 0.717) is 5.71 Å². The van der Waals surface area contributed by atoms with Crippen LogP contribution in [0.5, 0.6) is 0 Å². The molecule has 0 aliphatic heterocycles. The molecule has 0 aromatic rings. The van der Waals surface area contributed by atoms with Crippen LogP contribution in [0.2, 0.25) is 0 Å². The van der Waals surface area contributed by atoms with E-state index in [9.17, 15) is 24.9 Å². The number of nitrogens with zero attached hydrogens (tertiary/aromatic N) is 1. The number of aliphatic hydroxyl groups is 4. The van der Waals surface area contributed by atoms with Crippen LogP contribution in [0.15, 0.2) is 4.99 Å². The molecule has 0 fully saturated rings. The van der Waals surface area contributed by atoms with Crippen molar-refractivity contribution in [2.24, 2.45) is 22.4 Å². The molecule has 0 bridgehead atoms. The van der Waals surface area contributed by atoms with Gasteiger partial charge in [-0.15, -0.1) is 0 Å². The van der Waals surface area contributed by atoms with Crippen LogP contribution in [0.25, 0.3) is 0 Å². The minimum Gasteiger partial charge on any atom is -0.387 e. The minimum atomic E-state index is -2.11. The quantitative estimate of drug-likeness (QED) is 0.263. The molecule has 0 aromatic heterocycles. The van der Waals surface area contributed by atoms with E-state index in [0.717, 1.165) is 0 Å². The standard InChI is InChI=1S/C11H21N3O6/c1-4(3-12)5(2)14-11(20)9(18)7(16)6(15)8(17)10(13)19/h4,6-9,15-18H,3,12H2,1-2H3,(H2,13,19)/t4?,6-,7+,8+,9-/m0/s1. The number of aliphatic hydroxyl groups excluding tert-OH is 4. The smallest absolute Gasteiger partial charge is 0.277 e. The van der Waals surface area contributed by atoms with Crippen molar-refractivity contribution < 1.29 is 30.0 Å². The molecule has 2 amide bonds. The molecule has 0 aromatic carbocycles. The highest BCUT2D eigenvalue weighted by molar-refractivity contribution is 5.97. The number of hydrogen-bond donors (Lipinski definition) is 6. The van der Waals surface area contributed by atoms with Gasteiger partial charge in [-0.3, -0.25) is 9.59 Å². The van der Waals surface area contributed by atoms with Gasteiger partial charge in [0.2, 0.25) is 5.91 Å². The summed E-state index contributed by atoms with van der Waals surface area (Å²) in [4.78, 5) is 25.7. The van der Waals surface area contributed by atoms with Gasteiger partial charge < -0.3 is 31.9 Å². The lowest BCUT2D eigenvalue weighted by atomic mass is 10.0. The molecule has 1 unspecified atom stereocenters. The van der Waals surface area contributed by atoms with Gasteiger partial charge in [-0.05, 0) is 6.92 Å². The first-order chi connectivity index (χ1) is 9.13. The molecule has 9 nitrogen and oxygen atoms in total. The van der Waals surface area contributed by atoms with Crippen LogP contribution < -0.4 is 11.5 Å². The number of primary amides is 1. The Hall–Kier alpha value is -1.39. The Bertz CT molecular complexity index is 386. The van der Waals surface area contributed by atoms with Crippen molar-refractivity contribution in [1.29, 1.82) is 0 Å². The molecule has 0 heterocycles. The van der Waals surface area contributed by atoms with Crippen LogP contribution in [-0.4, -0.2) is 68.9 Å². The second-order valence-corrected chi connectivity index (χ2v) is 4.50. The van der Waals surface area contributed by atoms with E-state index in [1.54, 1.807) is 6.92 Å². The SMILES string of the molecule is CC(=NC(=O)[C@@H](O)[C@H](O)[C@H](O)[C@@H](O)C(N)=O)C(C)CN. The maximum Gasteiger partial charge on any atom is 0.277 e. The molecule has 20 heavy (non-hydrogen) atoms. The lowest BCUT2D eigenvalue weighted by molar-refractivity contribution is -0.152. The fourth-order valence-corrected chi connectivity index (χ4v) is 1.21. The van der Waals surface area contributed by atoms with Gasteiger partial charge in [0.25, 0.3) is 5.91 Å². The van der Waals surface area contributed by atoms with E-state index in [1.807, 2.05) is 0 Å². The van der Waals surface area contributed by atoms with Crippen molar-refractivity contribution in [1.82, 2.24) is 0 Å². The molecule has 0 rings (SSSR count).